The minimum Gasteiger partial charge on any atom is -0.399 e. The van der Waals surface area contributed by atoms with Gasteiger partial charge in [0.25, 0.3) is 0 Å². The monoisotopic (exact) mass is 299 g/mol. The van der Waals surface area contributed by atoms with E-state index in [0.29, 0.717) is 0 Å². The van der Waals surface area contributed by atoms with Gasteiger partial charge in [-0.15, -0.1) is 0 Å². The van der Waals surface area contributed by atoms with E-state index >= 15 is 0 Å². The van der Waals surface area contributed by atoms with Crippen molar-refractivity contribution in [2.75, 3.05) is 0 Å². The first-order valence-electron chi connectivity index (χ1n) is 5.97. The topological polar surface area (TPSA) is 23.4 Å². The Labute approximate surface area is 112 Å². The summed E-state index contributed by atoms with van der Waals surface area (Å²) >= 11 is 3.56. The third-order valence-electron chi connectivity index (χ3n) is 3.73. The fourth-order valence-corrected chi connectivity index (χ4v) is 2.38. The molecule has 1 aliphatic rings. The zero-order chi connectivity index (χ0) is 12.8. The zero-order valence-electron chi connectivity index (χ0n) is 11.1. The van der Waals surface area contributed by atoms with E-state index in [-0.39, 0.29) is 18.3 Å². The van der Waals surface area contributed by atoms with Crippen LogP contribution >= 0.6 is 15.9 Å². The van der Waals surface area contributed by atoms with Crippen LogP contribution in [0.5, 0.6) is 0 Å². The van der Waals surface area contributed by atoms with Gasteiger partial charge >= 0.3 is 7.12 Å². The quantitative estimate of drug-likeness (QED) is 0.784. The molecule has 1 aromatic heterocycles. The molecule has 5 heteroatoms. The van der Waals surface area contributed by atoms with E-state index in [4.69, 9.17) is 9.31 Å². The van der Waals surface area contributed by atoms with Gasteiger partial charge in [0.05, 0.1) is 11.2 Å². The third kappa shape index (κ3) is 2.20. The number of hydrogen-bond donors (Lipinski definition) is 0. The van der Waals surface area contributed by atoms with Crippen molar-refractivity contribution in [1.29, 1.82) is 0 Å². The van der Waals surface area contributed by atoms with Gasteiger partial charge in [-0.1, -0.05) is 0 Å². The maximum absolute atomic E-state index is 6.02. The van der Waals surface area contributed by atoms with Crippen molar-refractivity contribution in [2.45, 2.75) is 52.4 Å². The van der Waals surface area contributed by atoms with Crippen LogP contribution in [0.2, 0.25) is 0 Å². The second-order valence-electron chi connectivity index (χ2n) is 5.48. The summed E-state index contributed by atoms with van der Waals surface area (Å²) in [6.07, 6.45) is 4.13. The van der Waals surface area contributed by atoms with Crippen LogP contribution in [0, 0.1) is 0 Å². The van der Waals surface area contributed by atoms with E-state index in [1.54, 1.807) is 0 Å². The highest BCUT2D eigenvalue weighted by Crippen LogP contribution is 2.37. The average molecular weight is 300 g/mol. The molecule has 94 valence electrons. The largest absolute Gasteiger partial charge is 0.497 e. The lowest BCUT2D eigenvalue weighted by Crippen LogP contribution is -2.41. The van der Waals surface area contributed by atoms with Crippen LogP contribution in [0.15, 0.2) is 16.9 Å². The van der Waals surface area contributed by atoms with Gasteiger partial charge < -0.3 is 13.9 Å². The van der Waals surface area contributed by atoms with Crippen LogP contribution in [-0.4, -0.2) is 22.9 Å². The summed E-state index contributed by atoms with van der Waals surface area (Å²) in [6.45, 7) is 11.3. The van der Waals surface area contributed by atoms with Crippen molar-refractivity contribution in [3.8, 4) is 0 Å². The first-order chi connectivity index (χ1) is 7.77. The fraction of sp³-hybridized carbons (Fsp3) is 0.667. The summed E-state index contributed by atoms with van der Waals surface area (Å²) in [5.41, 5.74) is 0.488. The summed E-state index contributed by atoms with van der Waals surface area (Å²) in [4.78, 5) is 0. The average Bonchev–Trinajstić information content (AvgIpc) is 2.66. The second kappa shape index (κ2) is 4.14. The molecule has 0 saturated carbocycles. The molecule has 0 radical (unpaired) electrons. The lowest BCUT2D eigenvalue weighted by Gasteiger charge is -2.32. The van der Waals surface area contributed by atoms with Crippen LogP contribution in [-0.2, 0) is 15.9 Å². The predicted molar refractivity (Wildman–Crippen MR) is 73.5 cm³/mol. The molecule has 0 unspecified atom stereocenters. The highest BCUT2D eigenvalue weighted by molar-refractivity contribution is 9.10. The summed E-state index contributed by atoms with van der Waals surface area (Å²) < 4.78 is 15.2. The van der Waals surface area contributed by atoms with E-state index in [2.05, 4.69) is 67.5 Å². The first kappa shape index (κ1) is 13.2. The lowest BCUT2D eigenvalue weighted by atomic mass is 9.81. The molecule has 0 aliphatic carbocycles. The Hall–Kier alpha value is -0.255. The molecule has 3 nitrogen and oxygen atoms in total. The molecule has 0 bridgehead atoms. The molecule has 1 aromatic rings. The Morgan fingerprint density at radius 1 is 1.18 bits per heavy atom. The van der Waals surface area contributed by atoms with Gasteiger partial charge in [0.2, 0.25) is 0 Å². The third-order valence-corrected chi connectivity index (χ3v) is 4.39. The van der Waals surface area contributed by atoms with Crippen LogP contribution in [0.3, 0.4) is 0 Å². The minimum absolute atomic E-state index is 0.286. The van der Waals surface area contributed by atoms with Crippen molar-refractivity contribution in [3.63, 3.8) is 0 Å². The summed E-state index contributed by atoms with van der Waals surface area (Å²) in [5, 5.41) is 0. The molecule has 0 aromatic carbocycles. The molecular weight excluding hydrogens is 281 g/mol. The van der Waals surface area contributed by atoms with Crippen LogP contribution < -0.4 is 5.46 Å². The molecule has 0 spiro atoms. The Balaban J connectivity index is 2.28. The van der Waals surface area contributed by atoms with Crippen molar-refractivity contribution < 1.29 is 9.31 Å². The lowest BCUT2D eigenvalue weighted by molar-refractivity contribution is 0.00578. The van der Waals surface area contributed by atoms with Crippen molar-refractivity contribution in [3.05, 3.63) is 16.9 Å². The second-order valence-corrected chi connectivity index (χ2v) is 6.33. The fourth-order valence-electron chi connectivity index (χ4n) is 1.82. The molecule has 1 aliphatic heterocycles. The number of aromatic nitrogens is 1. The summed E-state index contributed by atoms with van der Waals surface area (Å²) in [6, 6.07) is 0. The van der Waals surface area contributed by atoms with E-state index < -0.39 is 0 Å². The highest BCUT2D eigenvalue weighted by Gasteiger charge is 2.52. The zero-order valence-corrected chi connectivity index (χ0v) is 12.7. The normalized spacial score (nSPS) is 22.1. The summed E-state index contributed by atoms with van der Waals surface area (Å²) in [7, 11) is -0.290. The Kier molecular flexibility index (Phi) is 3.21. The van der Waals surface area contributed by atoms with Gasteiger partial charge in [0.1, 0.15) is 0 Å². The molecular formula is C12H19BBrNO2. The number of aryl methyl sites for hydroxylation is 1. The number of hydrogen-bond acceptors (Lipinski definition) is 2. The van der Waals surface area contributed by atoms with E-state index in [9.17, 15) is 0 Å². The Bertz CT molecular complexity index is 412. The smallest absolute Gasteiger partial charge is 0.399 e. The minimum atomic E-state index is -0.290. The molecule has 0 atom stereocenters. The predicted octanol–water partition coefficient (Wildman–Crippen LogP) is 2.57. The summed E-state index contributed by atoms with van der Waals surface area (Å²) in [5.74, 6) is 0. The molecule has 0 amide bonds. The van der Waals surface area contributed by atoms with Crippen LogP contribution in [0.25, 0.3) is 0 Å². The van der Waals surface area contributed by atoms with E-state index in [1.165, 1.54) is 0 Å². The first-order valence-corrected chi connectivity index (χ1v) is 6.77. The van der Waals surface area contributed by atoms with Gasteiger partial charge in [-0.25, -0.2) is 0 Å². The standard InChI is InChI=1S/C12H19BBrNO2/c1-6-15-7-9(10(14)8-15)13-16-11(2,3)12(4,5)17-13/h7-8H,6H2,1-5H3. The highest BCUT2D eigenvalue weighted by atomic mass is 79.9. The van der Waals surface area contributed by atoms with Gasteiger partial charge in [-0.3, -0.25) is 0 Å². The molecule has 1 fully saturated rings. The van der Waals surface area contributed by atoms with Crippen LogP contribution in [0.4, 0.5) is 0 Å². The van der Waals surface area contributed by atoms with Crippen LogP contribution in [0.1, 0.15) is 34.6 Å². The molecule has 2 rings (SSSR count). The Morgan fingerprint density at radius 2 is 1.71 bits per heavy atom. The number of nitrogens with zero attached hydrogens (tertiary/aromatic N) is 1. The van der Waals surface area contributed by atoms with E-state index in [0.717, 1.165) is 16.5 Å². The van der Waals surface area contributed by atoms with E-state index in [1.807, 2.05) is 0 Å². The maximum Gasteiger partial charge on any atom is 0.497 e. The molecule has 1 saturated heterocycles. The van der Waals surface area contributed by atoms with Gasteiger partial charge in [0, 0.05) is 28.9 Å². The Morgan fingerprint density at radius 3 is 2.12 bits per heavy atom. The van der Waals surface area contributed by atoms with Crippen molar-refractivity contribution >= 4 is 28.5 Å². The molecule has 2 heterocycles. The van der Waals surface area contributed by atoms with Crippen molar-refractivity contribution in [2.24, 2.45) is 0 Å². The van der Waals surface area contributed by atoms with Gasteiger partial charge in [-0.2, -0.15) is 0 Å². The maximum atomic E-state index is 6.02. The molecule has 0 N–H and O–H groups in total. The van der Waals surface area contributed by atoms with Crippen molar-refractivity contribution in [1.82, 2.24) is 4.57 Å². The number of halogens is 1. The SMILES string of the molecule is CCn1cc(Br)c(B2OC(C)(C)C(C)(C)O2)c1. The van der Waals surface area contributed by atoms with Gasteiger partial charge in [0.15, 0.2) is 0 Å². The molecule has 17 heavy (non-hydrogen) atoms. The number of rotatable bonds is 2. The van der Waals surface area contributed by atoms with Gasteiger partial charge in [-0.05, 0) is 50.5 Å².